The highest BCUT2D eigenvalue weighted by Crippen LogP contribution is 2.68. The second-order valence-corrected chi connectivity index (χ2v) is 10.6. The number of nitrogens with zero attached hydrogens (tertiary/aromatic N) is 1. The first-order valence-electron chi connectivity index (χ1n) is 12.6. The van der Waals surface area contributed by atoms with Crippen LogP contribution in [0, 0.1) is 19.8 Å². The predicted molar refractivity (Wildman–Crippen MR) is 137 cm³/mol. The lowest BCUT2D eigenvalue weighted by atomic mass is 9.57. The number of carbonyl (C=O) groups is 3. The molecule has 0 radical (unpaired) electrons. The second kappa shape index (κ2) is 7.14. The number of aryl methyl sites for hydroxylation is 2. The van der Waals surface area contributed by atoms with Crippen molar-refractivity contribution in [1.29, 1.82) is 0 Å². The SMILES string of the molecule is Cc1ccc(C(=O)[C@@H]2[C@@H]3CCCN3[C@]3(C(=O)Nc4c(C)cccc43)[C@@]23C(=O)Nc2ccccc23)cc1. The van der Waals surface area contributed by atoms with Crippen molar-refractivity contribution in [2.75, 3.05) is 17.2 Å². The zero-order valence-corrected chi connectivity index (χ0v) is 20.3. The Bertz CT molecular complexity index is 1480. The fraction of sp³-hybridized carbons (Fsp3) is 0.300. The number of ketones is 1. The number of hydrogen-bond donors (Lipinski definition) is 2. The molecule has 6 nitrogen and oxygen atoms in total. The molecular weight excluding hydrogens is 450 g/mol. The summed E-state index contributed by atoms with van der Waals surface area (Å²) in [5.74, 6) is -1.27. The molecule has 2 fully saturated rings. The minimum atomic E-state index is -1.39. The van der Waals surface area contributed by atoms with Gasteiger partial charge in [0.25, 0.3) is 5.91 Å². The molecule has 0 saturated carbocycles. The summed E-state index contributed by atoms with van der Waals surface area (Å²) >= 11 is 0. The Morgan fingerprint density at radius 1 is 0.889 bits per heavy atom. The summed E-state index contributed by atoms with van der Waals surface area (Å²) in [6.45, 7) is 4.61. The van der Waals surface area contributed by atoms with Crippen LogP contribution in [0.2, 0.25) is 0 Å². The minimum absolute atomic E-state index is 0.0791. The molecule has 0 aromatic heterocycles. The molecule has 7 rings (SSSR count). The molecule has 3 aromatic rings. The van der Waals surface area contributed by atoms with Crippen molar-refractivity contribution in [2.24, 2.45) is 5.92 Å². The number of fused-ring (bicyclic) bond motifs is 7. The molecule has 180 valence electrons. The number of anilines is 2. The monoisotopic (exact) mass is 477 g/mol. The molecule has 2 amide bonds. The van der Waals surface area contributed by atoms with E-state index in [2.05, 4.69) is 15.5 Å². The Labute approximate surface area is 209 Å². The first-order valence-corrected chi connectivity index (χ1v) is 12.6. The van der Waals surface area contributed by atoms with Gasteiger partial charge in [-0.1, -0.05) is 66.2 Å². The molecule has 36 heavy (non-hydrogen) atoms. The Balaban J connectivity index is 1.59. The summed E-state index contributed by atoms with van der Waals surface area (Å²) in [5.41, 5.74) is 2.86. The Morgan fingerprint density at radius 2 is 1.64 bits per heavy atom. The van der Waals surface area contributed by atoms with Gasteiger partial charge in [0.2, 0.25) is 5.91 Å². The lowest BCUT2D eigenvalue weighted by molar-refractivity contribution is -0.137. The van der Waals surface area contributed by atoms with Crippen molar-refractivity contribution >= 4 is 29.0 Å². The maximum atomic E-state index is 14.5. The molecule has 4 heterocycles. The van der Waals surface area contributed by atoms with E-state index in [1.54, 1.807) is 0 Å². The summed E-state index contributed by atoms with van der Waals surface area (Å²) in [7, 11) is 0. The summed E-state index contributed by atoms with van der Waals surface area (Å²) < 4.78 is 0. The number of hydrogen-bond acceptors (Lipinski definition) is 4. The minimum Gasteiger partial charge on any atom is -0.325 e. The van der Waals surface area contributed by atoms with Gasteiger partial charge in [-0.25, -0.2) is 0 Å². The first-order chi connectivity index (χ1) is 17.4. The molecule has 0 aliphatic carbocycles. The fourth-order valence-corrected chi connectivity index (χ4v) is 7.65. The van der Waals surface area contributed by atoms with Crippen LogP contribution in [0.15, 0.2) is 66.7 Å². The normalized spacial score (nSPS) is 29.8. The Kier molecular flexibility index (Phi) is 4.26. The van der Waals surface area contributed by atoms with Gasteiger partial charge in [-0.2, -0.15) is 0 Å². The molecule has 2 saturated heterocycles. The van der Waals surface area contributed by atoms with Gasteiger partial charge in [0.15, 0.2) is 5.78 Å². The third-order valence-electron chi connectivity index (χ3n) is 8.96. The highest BCUT2D eigenvalue weighted by atomic mass is 16.2. The summed E-state index contributed by atoms with van der Waals surface area (Å²) in [4.78, 5) is 45.5. The van der Waals surface area contributed by atoms with E-state index >= 15 is 0 Å². The van der Waals surface area contributed by atoms with Gasteiger partial charge < -0.3 is 10.6 Å². The molecule has 6 heteroatoms. The van der Waals surface area contributed by atoms with Gasteiger partial charge >= 0.3 is 0 Å². The van der Waals surface area contributed by atoms with Crippen molar-refractivity contribution in [3.05, 3.63) is 94.5 Å². The number of para-hydroxylation sites is 2. The maximum absolute atomic E-state index is 14.5. The van der Waals surface area contributed by atoms with Gasteiger partial charge in [-0.05, 0) is 50.4 Å². The zero-order valence-electron chi connectivity index (χ0n) is 20.3. The van der Waals surface area contributed by atoms with Gasteiger partial charge in [0.1, 0.15) is 11.0 Å². The molecular formula is C30H27N3O3. The smallest absolute Gasteiger partial charge is 0.251 e. The van der Waals surface area contributed by atoms with Crippen LogP contribution >= 0.6 is 0 Å². The van der Waals surface area contributed by atoms with Crippen LogP contribution in [0.3, 0.4) is 0 Å². The largest absolute Gasteiger partial charge is 0.325 e. The standard InChI is InChI=1S/C30H27N3O3/c1-17-12-14-19(15-13-17)26(34)24-23-11-6-16-33(23)30(21-9-5-7-18(2)25(21)32-28(30)36)29(24)20-8-3-4-10-22(20)31-27(29)35/h3-5,7-10,12-15,23-24H,6,11,16H2,1-2H3,(H,31,35)(H,32,36)/t23-,24-,29+,30+/m0/s1. The number of rotatable bonds is 2. The maximum Gasteiger partial charge on any atom is 0.251 e. The number of amides is 2. The fourth-order valence-electron chi connectivity index (χ4n) is 7.65. The van der Waals surface area contributed by atoms with E-state index in [4.69, 9.17) is 0 Å². The van der Waals surface area contributed by atoms with Crippen molar-refractivity contribution in [2.45, 2.75) is 43.7 Å². The third-order valence-corrected chi connectivity index (χ3v) is 8.96. The number of nitrogens with one attached hydrogen (secondary N) is 2. The van der Waals surface area contributed by atoms with Crippen LogP contribution in [0.5, 0.6) is 0 Å². The average molecular weight is 478 g/mol. The molecule has 2 N–H and O–H groups in total. The van der Waals surface area contributed by atoms with Crippen LogP contribution in [0.1, 0.15) is 45.5 Å². The number of Topliss-reactive ketones (excluding diaryl/α,β-unsaturated/α-hetero) is 1. The van der Waals surface area contributed by atoms with E-state index in [1.807, 2.05) is 80.6 Å². The predicted octanol–water partition coefficient (Wildman–Crippen LogP) is 4.32. The highest BCUT2D eigenvalue weighted by molar-refractivity contribution is 6.21. The van der Waals surface area contributed by atoms with Gasteiger partial charge in [-0.3, -0.25) is 19.3 Å². The zero-order chi connectivity index (χ0) is 24.8. The number of benzene rings is 3. The third kappa shape index (κ3) is 2.29. The average Bonchev–Trinajstić information content (AvgIpc) is 3.59. The van der Waals surface area contributed by atoms with Crippen LogP contribution < -0.4 is 10.6 Å². The lowest BCUT2D eigenvalue weighted by Crippen LogP contribution is -2.62. The van der Waals surface area contributed by atoms with Crippen molar-refractivity contribution in [1.82, 2.24) is 4.90 Å². The van der Waals surface area contributed by atoms with E-state index in [0.29, 0.717) is 17.8 Å². The summed E-state index contributed by atoms with van der Waals surface area (Å²) in [6, 6.07) is 20.8. The second-order valence-electron chi connectivity index (χ2n) is 10.6. The molecule has 3 aromatic carbocycles. The Hall–Kier alpha value is -3.77. The summed E-state index contributed by atoms with van der Waals surface area (Å²) in [5, 5.41) is 6.23. The topological polar surface area (TPSA) is 78.5 Å². The van der Waals surface area contributed by atoms with Gasteiger partial charge in [0, 0.05) is 28.5 Å². The van der Waals surface area contributed by atoms with E-state index in [-0.39, 0.29) is 23.6 Å². The van der Waals surface area contributed by atoms with Crippen molar-refractivity contribution in [3.8, 4) is 0 Å². The van der Waals surface area contributed by atoms with E-state index in [1.165, 1.54) is 0 Å². The molecule has 0 unspecified atom stereocenters. The first kappa shape index (κ1) is 21.5. The van der Waals surface area contributed by atoms with Crippen LogP contribution in [-0.4, -0.2) is 35.1 Å². The Morgan fingerprint density at radius 3 is 2.44 bits per heavy atom. The molecule has 0 bridgehead atoms. The van der Waals surface area contributed by atoms with E-state index in [9.17, 15) is 14.4 Å². The lowest BCUT2D eigenvalue weighted by Gasteiger charge is -2.43. The van der Waals surface area contributed by atoms with Crippen molar-refractivity contribution in [3.63, 3.8) is 0 Å². The summed E-state index contributed by atoms with van der Waals surface area (Å²) in [6.07, 6.45) is 1.63. The van der Waals surface area contributed by atoms with Gasteiger partial charge in [0.05, 0.1) is 5.92 Å². The van der Waals surface area contributed by atoms with E-state index < -0.39 is 16.9 Å². The van der Waals surface area contributed by atoms with Crippen LogP contribution in [0.25, 0.3) is 0 Å². The van der Waals surface area contributed by atoms with Crippen LogP contribution in [-0.2, 0) is 20.5 Å². The van der Waals surface area contributed by atoms with E-state index in [0.717, 1.165) is 40.8 Å². The molecule has 4 aliphatic rings. The highest BCUT2D eigenvalue weighted by Gasteiger charge is 2.81. The molecule has 4 atom stereocenters. The van der Waals surface area contributed by atoms with Gasteiger partial charge in [-0.15, -0.1) is 0 Å². The number of carbonyl (C=O) groups excluding carboxylic acids is 3. The van der Waals surface area contributed by atoms with Crippen LogP contribution in [0.4, 0.5) is 11.4 Å². The molecule has 4 aliphatic heterocycles. The van der Waals surface area contributed by atoms with Crippen molar-refractivity contribution < 1.29 is 14.4 Å². The quantitative estimate of drug-likeness (QED) is 0.539. The molecule has 2 spiro atoms.